The van der Waals surface area contributed by atoms with Crippen LogP contribution in [0.2, 0.25) is 0 Å². The van der Waals surface area contributed by atoms with Gasteiger partial charge in [-0.25, -0.2) is 4.98 Å². The van der Waals surface area contributed by atoms with Crippen molar-refractivity contribution in [1.82, 2.24) is 9.38 Å². The fourth-order valence-electron chi connectivity index (χ4n) is 2.81. The monoisotopic (exact) mass is 363 g/mol. The Hall–Kier alpha value is -2.96. The van der Waals surface area contributed by atoms with Gasteiger partial charge in [0.1, 0.15) is 17.4 Å². The topological polar surface area (TPSA) is 66.6 Å². The van der Waals surface area contributed by atoms with Crippen molar-refractivity contribution in [1.29, 1.82) is 0 Å². The lowest BCUT2D eigenvalue weighted by atomic mass is 10.1. The van der Waals surface area contributed by atoms with E-state index in [4.69, 9.17) is 0 Å². The zero-order chi connectivity index (χ0) is 18.1. The van der Waals surface area contributed by atoms with E-state index in [0.717, 1.165) is 21.8 Å². The number of pyridine rings is 1. The Morgan fingerprint density at radius 3 is 2.65 bits per heavy atom. The fourth-order valence-corrected chi connectivity index (χ4v) is 3.55. The second-order valence-electron chi connectivity index (χ2n) is 6.02. The highest BCUT2D eigenvalue weighted by molar-refractivity contribution is 7.10. The van der Waals surface area contributed by atoms with Crippen LogP contribution in [0.5, 0.6) is 0 Å². The highest BCUT2D eigenvalue weighted by Crippen LogP contribution is 2.26. The summed E-state index contributed by atoms with van der Waals surface area (Å²) in [5.74, 6) is -0.264. The molecule has 0 aliphatic heterocycles. The molecule has 3 heterocycles. The number of nitrogens with zero attached hydrogens (tertiary/aromatic N) is 2. The van der Waals surface area contributed by atoms with Crippen molar-refractivity contribution in [3.8, 4) is 0 Å². The number of carbonyl (C=O) groups excluding carboxylic acids is 1. The molecule has 1 unspecified atom stereocenters. The van der Waals surface area contributed by atoms with Gasteiger partial charge in [0.2, 0.25) is 0 Å². The Labute approximate surface area is 154 Å². The van der Waals surface area contributed by atoms with Gasteiger partial charge in [-0.05, 0) is 48.2 Å². The zero-order valence-corrected chi connectivity index (χ0v) is 14.9. The van der Waals surface area contributed by atoms with Gasteiger partial charge in [0.25, 0.3) is 5.91 Å². The van der Waals surface area contributed by atoms with Crippen LogP contribution >= 0.6 is 11.3 Å². The minimum absolute atomic E-state index is 0.264. The Kier molecular flexibility index (Phi) is 4.28. The lowest BCUT2D eigenvalue weighted by Crippen LogP contribution is -2.12. The van der Waals surface area contributed by atoms with Gasteiger partial charge in [0.15, 0.2) is 0 Å². The first-order valence-electron chi connectivity index (χ1n) is 8.19. The molecule has 1 aromatic carbocycles. The molecule has 0 spiro atoms. The standard InChI is InChI=1S/C20H17N3O2S/c1-13-4-2-6-18-22-16(12-23(13)18)20(25)21-15-9-7-14(8-10-15)19(24)17-5-3-11-26-17/h2-12,19,24H,1H3,(H,21,25). The lowest BCUT2D eigenvalue weighted by Gasteiger charge is -2.10. The maximum atomic E-state index is 12.5. The van der Waals surface area contributed by atoms with E-state index >= 15 is 0 Å². The first-order chi connectivity index (χ1) is 12.6. The molecule has 26 heavy (non-hydrogen) atoms. The second-order valence-corrected chi connectivity index (χ2v) is 6.99. The normalized spacial score (nSPS) is 12.2. The highest BCUT2D eigenvalue weighted by atomic mass is 32.1. The quantitative estimate of drug-likeness (QED) is 0.575. The number of imidazole rings is 1. The van der Waals surface area contributed by atoms with Crippen molar-refractivity contribution in [2.24, 2.45) is 0 Å². The minimum Gasteiger partial charge on any atom is -0.383 e. The molecule has 0 fully saturated rings. The number of aromatic nitrogens is 2. The maximum absolute atomic E-state index is 12.5. The van der Waals surface area contributed by atoms with Crippen LogP contribution < -0.4 is 5.32 Å². The van der Waals surface area contributed by atoms with Gasteiger partial charge in [-0.3, -0.25) is 4.79 Å². The predicted molar refractivity (Wildman–Crippen MR) is 103 cm³/mol. The number of hydrogen-bond acceptors (Lipinski definition) is 4. The average Bonchev–Trinajstić information content (AvgIpc) is 3.32. The van der Waals surface area contributed by atoms with Crippen molar-refractivity contribution in [2.75, 3.05) is 5.32 Å². The van der Waals surface area contributed by atoms with E-state index in [-0.39, 0.29) is 5.91 Å². The van der Waals surface area contributed by atoms with Gasteiger partial charge in [0, 0.05) is 22.5 Å². The number of rotatable bonds is 4. The maximum Gasteiger partial charge on any atom is 0.275 e. The number of amides is 1. The molecule has 5 nitrogen and oxygen atoms in total. The third-order valence-electron chi connectivity index (χ3n) is 4.23. The van der Waals surface area contributed by atoms with Gasteiger partial charge in [-0.2, -0.15) is 0 Å². The Bertz CT molecular complexity index is 1050. The summed E-state index contributed by atoms with van der Waals surface area (Å²) in [6.07, 6.45) is 1.08. The van der Waals surface area contributed by atoms with E-state index in [9.17, 15) is 9.90 Å². The third-order valence-corrected chi connectivity index (χ3v) is 5.15. The van der Waals surface area contributed by atoms with Gasteiger partial charge in [-0.15, -0.1) is 11.3 Å². The molecular formula is C20H17N3O2S. The van der Waals surface area contributed by atoms with E-state index in [2.05, 4.69) is 10.3 Å². The van der Waals surface area contributed by atoms with Crippen LogP contribution in [0.25, 0.3) is 5.65 Å². The zero-order valence-electron chi connectivity index (χ0n) is 14.1. The number of anilines is 1. The number of thiophene rings is 1. The Balaban J connectivity index is 1.51. The number of carbonyl (C=O) groups is 1. The molecule has 6 heteroatoms. The van der Waals surface area contributed by atoms with Crippen molar-refractivity contribution in [3.05, 3.63) is 88.0 Å². The van der Waals surface area contributed by atoms with Gasteiger partial charge in [-0.1, -0.05) is 24.3 Å². The molecule has 0 bridgehead atoms. The molecule has 3 aromatic heterocycles. The first kappa shape index (κ1) is 16.5. The van der Waals surface area contributed by atoms with Crippen LogP contribution in [0.1, 0.15) is 32.7 Å². The van der Waals surface area contributed by atoms with E-state index in [1.165, 1.54) is 11.3 Å². The molecule has 1 atom stereocenters. The summed E-state index contributed by atoms with van der Waals surface area (Å²) in [6, 6.07) is 16.7. The van der Waals surface area contributed by atoms with Crippen molar-refractivity contribution >= 4 is 28.6 Å². The van der Waals surface area contributed by atoms with Crippen LogP contribution in [0.4, 0.5) is 5.69 Å². The number of hydrogen-bond donors (Lipinski definition) is 2. The SMILES string of the molecule is Cc1cccc2nc(C(=O)Nc3ccc(C(O)c4cccs4)cc3)cn12. The van der Waals surface area contributed by atoms with Crippen molar-refractivity contribution in [3.63, 3.8) is 0 Å². The Morgan fingerprint density at radius 2 is 1.96 bits per heavy atom. The molecule has 0 aliphatic carbocycles. The number of aliphatic hydroxyl groups is 1. The van der Waals surface area contributed by atoms with Crippen molar-refractivity contribution in [2.45, 2.75) is 13.0 Å². The largest absolute Gasteiger partial charge is 0.383 e. The molecule has 4 rings (SSSR count). The first-order valence-corrected chi connectivity index (χ1v) is 9.07. The number of aliphatic hydroxyl groups excluding tert-OH is 1. The molecule has 1 amide bonds. The van der Waals surface area contributed by atoms with Crippen LogP contribution in [0.3, 0.4) is 0 Å². The van der Waals surface area contributed by atoms with Crippen LogP contribution in [-0.4, -0.2) is 20.4 Å². The van der Waals surface area contributed by atoms with E-state index < -0.39 is 6.10 Å². The summed E-state index contributed by atoms with van der Waals surface area (Å²) in [7, 11) is 0. The summed E-state index contributed by atoms with van der Waals surface area (Å²) < 4.78 is 1.88. The van der Waals surface area contributed by atoms with Gasteiger partial charge in [0.05, 0.1) is 0 Å². The fraction of sp³-hybridized carbons (Fsp3) is 0.100. The second kappa shape index (κ2) is 6.74. The molecule has 130 valence electrons. The predicted octanol–water partition coefficient (Wildman–Crippen LogP) is 4.04. The molecule has 0 aliphatic rings. The summed E-state index contributed by atoms with van der Waals surface area (Å²) in [5, 5.41) is 15.1. The molecule has 4 aromatic rings. The summed E-state index contributed by atoms with van der Waals surface area (Å²) in [4.78, 5) is 17.7. The molecule has 0 radical (unpaired) electrons. The van der Waals surface area contributed by atoms with Gasteiger partial charge < -0.3 is 14.8 Å². The van der Waals surface area contributed by atoms with Crippen molar-refractivity contribution < 1.29 is 9.90 Å². The average molecular weight is 363 g/mol. The number of fused-ring (bicyclic) bond motifs is 1. The third kappa shape index (κ3) is 3.12. The smallest absolute Gasteiger partial charge is 0.275 e. The number of benzene rings is 1. The van der Waals surface area contributed by atoms with E-state index in [1.54, 1.807) is 18.3 Å². The number of aryl methyl sites for hydroxylation is 1. The van der Waals surface area contributed by atoms with E-state index in [1.807, 2.05) is 59.2 Å². The van der Waals surface area contributed by atoms with Crippen LogP contribution in [0, 0.1) is 6.92 Å². The Morgan fingerprint density at radius 1 is 1.15 bits per heavy atom. The summed E-state index contributed by atoms with van der Waals surface area (Å²) >= 11 is 1.51. The van der Waals surface area contributed by atoms with Gasteiger partial charge >= 0.3 is 0 Å². The highest BCUT2D eigenvalue weighted by Gasteiger charge is 2.14. The molecule has 0 saturated heterocycles. The minimum atomic E-state index is -0.652. The molecule has 2 N–H and O–H groups in total. The summed E-state index contributed by atoms with van der Waals surface area (Å²) in [5.41, 5.74) is 3.56. The van der Waals surface area contributed by atoms with Crippen LogP contribution in [-0.2, 0) is 0 Å². The number of nitrogens with one attached hydrogen (secondary N) is 1. The van der Waals surface area contributed by atoms with E-state index in [0.29, 0.717) is 11.4 Å². The molecule has 0 saturated carbocycles. The lowest BCUT2D eigenvalue weighted by molar-refractivity contribution is 0.102. The summed E-state index contributed by atoms with van der Waals surface area (Å²) in [6.45, 7) is 1.97. The van der Waals surface area contributed by atoms with Crippen LogP contribution in [0.15, 0.2) is 66.2 Å². The molecular weight excluding hydrogens is 346 g/mol.